The third-order valence-electron chi connectivity index (χ3n) is 3.26. The van der Waals surface area contributed by atoms with Gasteiger partial charge < -0.3 is 0 Å². The van der Waals surface area contributed by atoms with Crippen molar-refractivity contribution in [3.63, 3.8) is 0 Å². The summed E-state index contributed by atoms with van der Waals surface area (Å²) < 4.78 is 0. The molecule has 1 aliphatic heterocycles. The lowest BCUT2D eigenvalue weighted by atomic mass is 9.92. The van der Waals surface area contributed by atoms with E-state index in [1.54, 1.807) is 0 Å². The summed E-state index contributed by atoms with van der Waals surface area (Å²) in [5.41, 5.74) is 0. The van der Waals surface area contributed by atoms with Gasteiger partial charge in [-0.15, -0.1) is 0 Å². The summed E-state index contributed by atoms with van der Waals surface area (Å²) in [6.45, 7) is 2.21. The van der Waals surface area contributed by atoms with Crippen molar-refractivity contribution in [1.29, 1.82) is 0 Å². The highest BCUT2D eigenvalue weighted by Crippen LogP contribution is 2.19. The molecule has 0 spiro atoms. The Kier molecular flexibility index (Phi) is 6.12. The molecule has 0 aliphatic carbocycles. The zero-order valence-electron chi connectivity index (χ0n) is 10.3. The Morgan fingerprint density at radius 2 is 1.81 bits per heavy atom. The fourth-order valence-corrected chi connectivity index (χ4v) is 2.18. The van der Waals surface area contributed by atoms with Crippen LogP contribution in [0.2, 0.25) is 0 Å². The lowest BCUT2D eigenvalue weighted by Crippen LogP contribution is -2.40. The van der Waals surface area contributed by atoms with E-state index >= 15 is 0 Å². The quantitative estimate of drug-likeness (QED) is 0.535. The zero-order valence-corrected chi connectivity index (χ0v) is 10.3. The molecule has 1 fully saturated rings. The molecule has 3 nitrogen and oxygen atoms in total. The molecule has 1 heterocycles. The molecule has 1 atom stereocenters. The fraction of sp³-hybridized carbons (Fsp3) is 0.846. The van der Waals surface area contributed by atoms with E-state index in [1.165, 1.54) is 32.1 Å². The predicted octanol–water partition coefficient (Wildman–Crippen LogP) is 2.79. The molecular formula is C13H23NO2. The molecule has 0 aromatic heterocycles. The van der Waals surface area contributed by atoms with Gasteiger partial charge in [-0.25, -0.2) is 0 Å². The highest BCUT2D eigenvalue weighted by molar-refractivity contribution is 5.98. The maximum atomic E-state index is 11.4. The van der Waals surface area contributed by atoms with Crippen molar-refractivity contribution in [3.05, 3.63) is 0 Å². The number of hydrogen-bond donors (Lipinski definition) is 1. The molecule has 0 radical (unpaired) electrons. The summed E-state index contributed by atoms with van der Waals surface area (Å²) in [6, 6.07) is 0. The van der Waals surface area contributed by atoms with Crippen molar-refractivity contribution in [1.82, 2.24) is 5.32 Å². The molecule has 2 amide bonds. The minimum atomic E-state index is -0.107. The molecule has 92 valence electrons. The highest BCUT2D eigenvalue weighted by atomic mass is 16.2. The third-order valence-corrected chi connectivity index (χ3v) is 3.26. The first-order valence-corrected chi connectivity index (χ1v) is 6.57. The van der Waals surface area contributed by atoms with Crippen molar-refractivity contribution >= 4 is 11.8 Å². The molecule has 1 N–H and O–H groups in total. The second kappa shape index (κ2) is 7.42. The molecule has 3 heteroatoms. The molecule has 0 saturated carbocycles. The van der Waals surface area contributed by atoms with E-state index in [2.05, 4.69) is 12.2 Å². The van der Waals surface area contributed by atoms with E-state index in [9.17, 15) is 9.59 Å². The van der Waals surface area contributed by atoms with Crippen LogP contribution in [0.4, 0.5) is 0 Å². The maximum absolute atomic E-state index is 11.4. The van der Waals surface area contributed by atoms with E-state index < -0.39 is 0 Å². The van der Waals surface area contributed by atoms with Gasteiger partial charge in [0, 0.05) is 12.3 Å². The average Bonchev–Trinajstić information content (AvgIpc) is 2.26. The van der Waals surface area contributed by atoms with Gasteiger partial charge in [-0.2, -0.15) is 0 Å². The molecule has 1 aliphatic rings. The zero-order chi connectivity index (χ0) is 11.8. The van der Waals surface area contributed by atoms with Crippen molar-refractivity contribution in [2.24, 2.45) is 5.92 Å². The van der Waals surface area contributed by atoms with E-state index in [-0.39, 0.29) is 17.7 Å². The Hall–Kier alpha value is -0.860. The predicted molar refractivity (Wildman–Crippen MR) is 63.9 cm³/mol. The Balaban J connectivity index is 2.04. The standard InChI is InChI=1S/C13H23NO2/c1-2-3-4-5-6-7-8-11-9-10-12(15)14-13(11)16/h11H,2-10H2,1H3,(H,14,15,16). The summed E-state index contributed by atoms with van der Waals surface area (Å²) in [7, 11) is 0. The largest absolute Gasteiger partial charge is 0.296 e. The minimum absolute atomic E-state index is 0.0511. The van der Waals surface area contributed by atoms with Gasteiger partial charge in [0.2, 0.25) is 11.8 Å². The first-order valence-electron chi connectivity index (χ1n) is 6.57. The molecule has 16 heavy (non-hydrogen) atoms. The Bertz CT molecular complexity index is 238. The number of unbranched alkanes of at least 4 members (excludes halogenated alkanes) is 5. The van der Waals surface area contributed by atoms with E-state index in [0.29, 0.717) is 6.42 Å². The number of amides is 2. The lowest BCUT2D eigenvalue weighted by molar-refractivity contribution is -0.136. The Morgan fingerprint density at radius 1 is 1.12 bits per heavy atom. The van der Waals surface area contributed by atoms with Gasteiger partial charge in [0.1, 0.15) is 0 Å². The fourth-order valence-electron chi connectivity index (χ4n) is 2.18. The van der Waals surface area contributed by atoms with Gasteiger partial charge in [-0.3, -0.25) is 14.9 Å². The molecule has 0 aromatic carbocycles. The van der Waals surface area contributed by atoms with Gasteiger partial charge in [-0.1, -0.05) is 45.4 Å². The van der Waals surface area contributed by atoms with Gasteiger partial charge in [0.15, 0.2) is 0 Å². The monoisotopic (exact) mass is 225 g/mol. The average molecular weight is 225 g/mol. The number of carbonyl (C=O) groups is 2. The lowest BCUT2D eigenvalue weighted by Gasteiger charge is -2.20. The van der Waals surface area contributed by atoms with Crippen LogP contribution in [0, 0.1) is 5.92 Å². The van der Waals surface area contributed by atoms with Crippen molar-refractivity contribution in [3.8, 4) is 0 Å². The van der Waals surface area contributed by atoms with Crippen molar-refractivity contribution in [2.75, 3.05) is 0 Å². The topological polar surface area (TPSA) is 46.2 Å². The second-order valence-electron chi connectivity index (χ2n) is 4.70. The normalized spacial score (nSPS) is 20.9. The summed E-state index contributed by atoms with van der Waals surface area (Å²) in [6.07, 6.45) is 9.74. The van der Waals surface area contributed by atoms with Crippen LogP contribution in [0.1, 0.15) is 64.7 Å². The molecular weight excluding hydrogens is 202 g/mol. The van der Waals surface area contributed by atoms with Crippen LogP contribution in [0.3, 0.4) is 0 Å². The summed E-state index contributed by atoms with van der Waals surface area (Å²) in [5.74, 6) is -0.0714. The van der Waals surface area contributed by atoms with E-state index in [4.69, 9.17) is 0 Å². The molecule has 1 unspecified atom stereocenters. The third kappa shape index (κ3) is 4.77. The number of nitrogens with one attached hydrogen (secondary N) is 1. The number of hydrogen-bond acceptors (Lipinski definition) is 2. The first-order chi connectivity index (χ1) is 7.74. The number of imide groups is 1. The van der Waals surface area contributed by atoms with Gasteiger partial charge in [-0.05, 0) is 12.8 Å². The minimum Gasteiger partial charge on any atom is -0.296 e. The SMILES string of the molecule is CCCCCCCCC1CCC(=O)NC1=O. The molecule has 1 saturated heterocycles. The smallest absolute Gasteiger partial charge is 0.229 e. The van der Waals surface area contributed by atoms with E-state index in [0.717, 1.165) is 19.3 Å². The summed E-state index contributed by atoms with van der Waals surface area (Å²) in [4.78, 5) is 22.4. The van der Waals surface area contributed by atoms with E-state index in [1.807, 2.05) is 0 Å². The van der Waals surface area contributed by atoms with Crippen LogP contribution >= 0.6 is 0 Å². The number of piperidine rings is 1. The van der Waals surface area contributed by atoms with Crippen molar-refractivity contribution in [2.45, 2.75) is 64.7 Å². The summed E-state index contributed by atoms with van der Waals surface area (Å²) in [5, 5.41) is 2.41. The van der Waals surface area contributed by atoms with Gasteiger partial charge in [0.05, 0.1) is 0 Å². The van der Waals surface area contributed by atoms with Gasteiger partial charge in [0.25, 0.3) is 0 Å². The first kappa shape index (κ1) is 13.2. The van der Waals surface area contributed by atoms with Crippen molar-refractivity contribution < 1.29 is 9.59 Å². The molecule has 0 aromatic rings. The van der Waals surface area contributed by atoms with Crippen LogP contribution in [-0.2, 0) is 9.59 Å². The Morgan fingerprint density at radius 3 is 2.50 bits per heavy atom. The number of carbonyl (C=O) groups excluding carboxylic acids is 2. The number of rotatable bonds is 7. The van der Waals surface area contributed by atoms with Gasteiger partial charge >= 0.3 is 0 Å². The highest BCUT2D eigenvalue weighted by Gasteiger charge is 2.25. The molecule has 1 rings (SSSR count). The van der Waals surface area contributed by atoms with Crippen LogP contribution in [0.5, 0.6) is 0 Å². The summed E-state index contributed by atoms with van der Waals surface area (Å²) >= 11 is 0. The second-order valence-corrected chi connectivity index (χ2v) is 4.70. The van der Waals surface area contributed by atoms with Crippen LogP contribution in [0.25, 0.3) is 0 Å². The van der Waals surface area contributed by atoms with Crippen LogP contribution < -0.4 is 5.32 Å². The maximum Gasteiger partial charge on any atom is 0.229 e. The Labute approximate surface area is 98.0 Å². The van der Waals surface area contributed by atoms with Crippen LogP contribution in [-0.4, -0.2) is 11.8 Å². The van der Waals surface area contributed by atoms with Crippen LogP contribution in [0.15, 0.2) is 0 Å². The molecule has 0 bridgehead atoms.